The zero-order chi connectivity index (χ0) is 21.3. The lowest BCUT2D eigenvalue weighted by molar-refractivity contribution is -0.133. The fourth-order valence-electron chi connectivity index (χ4n) is 4.50. The van der Waals surface area contributed by atoms with Gasteiger partial charge in [-0.25, -0.2) is 9.18 Å². The molecule has 0 saturated carbocycles. The Bertz CT molecular complexity index is 916. The molecule has 30 heavy (non-hydrogen) atoms. The smallest absolute Gasteiger partial charge is 0.335 e. The van der Waals surface area contributed by atoms with E-state index < -0.39 is 12.1 Å². The van der Waals surface area contributed by atoms with Crippen molar-refractivity contribution < 1.29 is 24.2 Å². The van der Waals surface area contributed by atoms with E-state index in [0.29, 0.717) is 32.5 Å². The molecule has 3 atom stereocenters. The summed E-state index contributed by atoms with van der Waals surface area (Å²) in [6, 6.07) is 12.9. The van der Waals surface area contributed by atoms with Gasteiger partial charge in [0.05, 0.1) is 11.6 Å². The first kappa shape index (κ1) is 20.3. The maximum Gasteiger partial charge on any atom is 0.335 e. The number of carboxylic acids is 1. The van der Waals surface area contributed by atoms with Crippen LogP contribution in [0.2, 0.25) is 0 Å². The number of benzene rings is 2. The van der Waals surface area contributed by atoms with E-state index in [0.717, 1.165) is 11.1 Å². The van der Waals surface area contributed by atoms with Crippen LogP contribution < -0.4 is 0 Å². The number of hydrogen-bond acceptors (Lipinski definition) is 4. The number of piperidine rings is 1. The monoisotopic (exact) mass is 412 g/mol. The van der Waals surface area contributed by atoms with Gasteiger partial charge in [0, 0.05) is 25.6 Å². The van der Waals surface area contributed by atoms with Gasteiger partial charge in [0.2, 0.25) is 5.91 Å². The molecule has 2 aromatic carbocycles. The topological polar surface area (TPSA) is 81.1 Å². The van der Waals surface area contributed by atoms with Crippen molar-refractivity contribution in [1.82, 2.24) is 9.80 Å². The van der Waals surface area contributed by atoms with E-state index in [1.165, 1.54) is 12.1 Å². The Labute approximate surface area is 174 Å². The predicted molar refractivity (Wildman–Crippen MR) is 109 cm³/mol. The SMILES string of the molecule is O=C(O)c1ccc(CN2CC[C@@H](N3CC[C@@H](c4ccc(O)cc4)[C@H](F)C3)C2=O)cc1. The second-order valence-electron chi connectivity index (χ2n) is 8.06. The lowest BCUT2D eigenvalue weighted by atomic mass is 9.87. The van der Waals surface area contributed by atoms with Gasteiger partial charge in [-0.3, -0.25) is 9.69 Å². The van der Waals surface area contributed by atoms with Crippen LogP contribution >= 0.6 is 0 Å². The predicted octanol–water partition coefficient (Wildman–Crippen LogP) is 3.02. The second kappa shape index (κ2) is 8.44. The van der Waals surface area contributed by atoms with E-state index in [1.807, 2.05) is 4.90 Å². The van der Waals surface area contributed by atoms with Crippen molar-refractivity contribution in [2.24, 2.45) is 0 Å². The molecule has 6 nitrogen and oxygen atoms in total. The molecule has 2 aromatic rings. The Morgan fingerprint density at radius 1 is 1.03 bits per heavy atom. The quantitative estimate of drug-likeness (QED) is 0.789. The summed E-state index contributed by atoms with van der Waals surface area (Å²) >= 11 is 0. The van der Waals surface area contributed by atoms with Gasteiger partial charge in [0.25, 0.3) is 0 Å². The van der Waals surface area contributed by atoms with Crippen LogP contribution in [0.25, 0.3) is 0 Å². The first-order chi connectivity index (χ1) is 14.4. The molecule has 0 bridgehead atoms. The average Bonchev–Trinajstić information content (AvgIpc) is 3.09. The van der Waals surface area contributed by atoms with Gasteiger partial charge in [-0.2, -0.15) is 0 Å². The first-order valence-corrected chi connectivity index (χ1v) is 10.2. The van der Waals surface area contributed by atoms with E-state index in [-0.39, 0.29) is 35.7 Å². The lowest BCUT2D eigenvalue weighted by Crippen LogP contribution is -2.49. The summed E-state index contributed by atoms with van der Waals surface area (Å²) in [5.41, 5.74) is 1.97. The van der Waals surface area contributed by atoms with Gasteiger partial charge >= 0.3 is 5.97 Å². The number of phenolic OH excluding ortho intramolecular Hbond substituents is 1. The second-order valence-corrected chi connectivity index (χ2v) is 8.06. The molecule has 2 heterocycles. The highest BCUT2D eigenvalue weighted by atomic mass is 19.1. The van der Waals surface area contributed by atoms with Gasteiger partial charge in [0.1, 0.15) is 11.9 Å². The highest BCUT2D eigenvalue weighted by Crippen LogP contribution is 2.33. The Morgan fingerprint density at radius 2 is 1.73 bits per heavy atom. The van der Waals surface area contributed by atoms with Crippen LogP contribution in [0.15, 0.2) is 48.5 Å². The summed E-state index contributed by atoms with van der Waals surface area (Å²) in [6.45, 7) is 1.92. The van der Waals surface area contributed by atoms with Crippen LogP contribution in [0.1, 0.15) is 40.2 Å². The third-order valence-electron chi connectivity index (χ3n) is 6.18. The molecule has 2 fully saturated rings. The Morgan fingerprint density at radius 3 is 2.37 bits per heavy atom. The number of hydrogen-bond donors (Lipinski definition) is 2. The summed E-state index contributed by atoms with van der Waals surface area (Å²) < 4.78 is 14.9. The molecule has 0 aromatic heterocycles. The fourth-order valence-corrected chi connectivity index (χ4v) is 4.50. The van der Waals surface area contributed by atoms with Crippen molar-refractivity contribution in [3.05, 3.63) is 65.2 Å². The van der Waals surface area contributed by atoms with Gasteiger partial charge in [-0.05, 0) is 54.8 Å². The molecule has 2 aliphatic rings. The molecule has 0 unspecified atom stereocenters. The maximum absolute atomic E-state index is 14.9. The first-order valence-electron chi connectivity index (χ1n) is 10.2. The van der Waals surface area contributed by atoms with Crippen molar-refractivity contribution in [2.75, 3.05) is 19.6 Å². The van der Waals surface area contributed by atoms with Crippen LogP contribution in [-0.2, 0) is 11.3 Å². The molecule has 2 aliphatic heterocycles. The van der Waals surface area contributed by atoms with E-state index >= 15 is 0 Å². The molecule has 1 amide bonds. The minimum absolute atomic E-state index is 0.00703. The third-order valence-corrected chi connectivity index (χ3v) is 6.18. The van der Waals surface area contributed by atoms with Gasteiger partial charge < -0.3 is 15.1 Å². The molecule has 0 aliphatic carbocycles. The molecule has 0 radical (unpaired) electrons. The van der Waals surface area contributed by atoms with Crippen LogP contribution in [-0.4, -0.2) is 63.7 Å². The molecule has 4 rings (SSSR count). The number of alkyl halides is 1. The highest BCUT2D eigenvalue weighted by molar-refractivity contribution is 5.87. The van der Waals surface area contributed by atoms with Gasteiger partial charge in [0.15, 0.2) is 0 Å². The summed E-state index contributed by atoms with van der Waals surface area (Å²) in [5.74, 6) is -1.02. The van der Waals surface area contributed by atoms with Crippen molar-refractivity contribution in [3.8, 4) is 5.75 Å². The minimum Gasteiger partial charge on any atom is -0.508 e. The van der Waals surface area contributed by atoms with Crippen LogP contribution in [0.3, 0.4) is 0 Å². The summed E-state index contributed by atoms with van der Waals surface area (Å²) in [6.07, 6.45) is 0.239. The van der Waals surface area contributed by atoms with Crippen LogP contribution in [0.5, 0.6) is 5.75 Å². The van der Waals surface area contributed by atoms with Crippen molar-refractivity contribution in [2.45, 2.75) is 37.5 Å². The number of aromatic hydroxyl groups is 1. The lowest BCUT2D eigenvalue weighted by Gasteiger charge is -2.37. The Kier molecular flexibility index (Phi) is 5.72. The molecular weight excluding hydrogens is 387 g/mol. The third kappa shape index (κ3) is 4.16. The Balaban J connectivity index is 1.36. The molecular formula is C23H25FN2O4. The van der Waals surface area contributed by atoms with E-state index in [2.05, 4.69) is 0 Å². The van der Waals surface area contributed by atoms with Crippen LogP contribution in [0.4, 0.5) is 4.39 Å². The van der Waals surface area contributed by atoms with Crippen LogP contribution in [0, 0.1) is 0 Å². The number of carbonyl (C=O) groups is 2. The summed E-state index contributed by atoms with van der Waals surface area (Å²) in [5, 5.41) is 18.4. The number of aromatic carboxylic acids is 1. The summed E-state index contributed by atoms with van der Waals surface area (Å²) in [4.78, 5) is 27.6. The summed E-state index contributed by atoms with van der Waals surface area (Å²) in [7, 11) is 0. The minimum atomic E-state index is -1.06. The molecule has 0 spiro atoms. The number of nitrogens with zero attached hydrogens (tertiary/aromatic N) is 2. The number of amides is 1. The molecule has 2 N–H and O–H groups in total. The van der Waals surface area contributed by atoms with Gasteiger partial charge in [-0.1, -0.05) is 24.3 Å². The largest absolute Gasteiger partial charge is 0.508 e. The number of rotatable bonds is 5. The van der Waals surface area contributed by atoms with E-state index in [4.69, 9.17) is 5.11 Å². The number of likely N-dealkylation sites (tertiary alicyclic amines) is 2. The standard InChI is InChI=1S/C23H25FN2O4/c24-20-14-25(11-9-19(20)16-5-7-18(27)8-6-16)21-10-12-26(22(21)28)13-15-1-3-17(4-2-15)23(29)30/h1-8,19-21,27H,9-14H2,(H,29,30)/t19-,20+,21+/m0/s1. The van der Waals surface area contributed by atoms with Crippen molar-refractivity contribution in [3.63, 3.8) is 0 Å². The van der Waals surface area contributed by atoms with Gasteiger partial charge in [-0.15, -0.1) is 0 Å². The van der Waals surface area contributed by atoms with E-state index in [9.17, 15) is 19.1 Å². The van der Waals surface area contributed by atoms with Crippen molar-refractivity contribution >= 4 is 11.9 Å². The maximum atomic E-state index is 14.9. The fraction of sp³-hybridized carbons (Fsp3) is 0.391. The highest BCUT2D eigenvalue weighted by Gasteiger charge is 2.40. The molecule has 2 saturated heterocycles. The average molecular weight is 412 g/mol. The van der Waals surface area contributed by atoms with E-state index in [1.54, 1.807) is 41.3 Å². The molecule has 7 heteroatoms. The van der Waals surface area contributed by atoms with Crippen molar-refractivity contribution in [1.29, 1.82) is 0 Å². The number of carbonyl (C=O) groups excluding carboxylic acids is 1. The Hall–Kier alpha value is -2.93. The number of phenols is 1. The number of carboxylic acid groups (broad SMARTS) is 1. The zero-order valence-corrected chi connectivity index (χ0v) is 16.6. The molecule has 158 valence electrons. The number of halogens is 1. The zero-order valence-electron chi connectivity index (χ0n) is 16.6. The normalized spacial score (nSPS) is 24.9.